The smallest absolute Gasteiger partial charge is 0.265 e. The maximum Gasteiger partial charge on any atom is 0.265 e. The summed E-state index contributed by atoms with van der Waals surface area (Å²) in [5.41, 5.74) is 1.36. The number of sulfonamides is 1. The molecule has 3 rings (SSSR count). The number of nitrogens with one attached hydrogen (secondary N) is 2. The zero-order valence-corrected chi connectivity index (χ0v) is 13.3. The fourth-order valence-electron chi connectivity index (χ4n) is 2.58. The maximum absolute atomic E-state index is 12.2. The molecule has 8 heteroatoms. The van der Waals surface area contributed by atoms with Gasteiger partial charge in [0.2, 0.25) is 5.91 Å². The molecule has 1 aromatic carbocycles. The van der Waals surface area contributed by atoms with Gasteiger partial charge in [-0.1, -0.05) is 12.1 Å². The van der Waals surface area contributed by atoms with Crippen molar-refractivity contribution in [3.05, 3.63) is 42.2 Å². The summed E-state index contributed by atoms with van der Waals surface area (Å²) in [5, 5.41) is 6.12. The van der Waals surface area contributed by atoms with E-state index in [0.717, 1.165) is 24.9 Å². The van der Waals surface area contributed by atoms with Crippen LogP contribution in [0.25, 0.3) is 0 Å². The standard InChI is InChI=1S/C15H18N4O3S/c20-15-6-1-2-7-19(15)11-12-4-3-5-13(8-12)18-23(21,22)14-9-16-17-10-14/h3-5,8-10,18H,1-2,6-7,11H2,(H,16,17). The summed E-state index contributed by atoms with van der Waals surface area (Å²) in [6.07, 6.45) is 5.11. The molecule has 1 aliphatic heterocycles. The SMILES string of the molecule is O=C1CCCCN1Cc1cccc(NS(=O)(=O)c2cn[nH]c2)c1. The van der Waals surface area contributed by atoms with E-state index in [0.29, 0.717) is 18.7 Å². The van der Waals surface area contributed by atoms with Crippen LogP contribution in [0.4, 0.5) is 5.69 Å². The van der Waals surface area contributed by atoms with Crippen LogP contribution in [0.2, 0.25) is 0 Å². The largest absolute Gasteiger partial charge is 0.338 e. The molecule has 1 aromatic heterocycles. The summed E-state index contributed by atoms with van der Waals surface area (Å²) in [7, 11) is -3.65. The summed E-state index contributed by atoms with van der Waals surface area (Å²) in [6, 6.07) is 7.09. The Kier molecular flexibility index (Phi) is 4.33. The van der Waals surface area contributed by atoms with Gasteiger partial charge in [-0.3, -0.25) is 14.6 Å². The van der Waals surface area contributed by atoms with E-state index in [2.05, 4.69) is 14.9 Å². The van der Waals surface area contributed by atoms with Crippen LogP contribution in [-0.4, -0.2) is 36.0 Å². The third-order valence-electron chi connectivity index (χ3n) is 3.76. The fraction of sp³-hybridized carbons (Fsp3) is 0.333. The first-order valence-electron chi connectivity index (χ1n) is 7.43. The molecule has 2 aromatic rings. The van der Waals surface area contributed by atoms with Gasteiger partial charge in [-0.05, 0) is 30.5 Å². The molecule has 0 atom stereocenters. The van der Waals surface area contributed by atoms with E-state index in [4.69, 9.17) is 0 Å². The number of piperidine rings is 1. The van der Waals surface area contributed by atoms with E-state index >= 15 is 0 Å². The van der Waals surface area contributed by atoms with Crippen molar-refractivity contribution in [3.63, 3.8) is 0 Å². The monoisotopic (exact) mass is 334 g/mol. The number of carbonyl (C=O) groups excluding carboxylic acids is 1. The molecule has 1 saturated heterocycles. The first-order valence-corrected chi connectivity index (χ1v) is 8.91. The highest BCUT2D eigenvalue weighted by Gasteiger charge is 2.19. The van der Waals surface area contributed by atoms with Crippen molar-refractivity contribution in [1.29, 1.82) is 0 Å². The number of likely N-dealkylation sites (tertiary alicyclic amines) is 1. The second kappa shape index (κ2) is 6.41. The zero-order valence-electron chi connectivity index (χ0n) is 12.5. The quantitative estimate of drug-likeness (QED) is 0.870. The molecule has 0 bridgehead atoms. The third-order valence-corrected chi connectivity index (χ3v) is 5.11. The Morgan fingerprint density at radius 3 is 2.91 bits per heavy atom. The molecule has 2 heterocycles. The van der Waals surface area contributed by atoms with Crippen LogP contribution in [0.15, 0.2) is 41.6 Å². The van der Waals surface area contributed by atoms with Crippen LogP contribution >= 0.6 is 0 Å². The number of aromatic amines is 1. The van der Waals surface area contributed by atoms with Gasteiger partial charge in [-0.25, -0.2) is 8.42 Å². The minimum Gasteiger partial charge on any atom is -0.338 e. The molecule has 0 aliphatic carbocycles. The zero-order chi connectivity index (χ0) is 16.3. The van der Waals surface area contributed by atoms with Gasteiger partial charge in [0.1, 0.15) is 4.90 Å². The van der Waals surface area contributed by atoms with Crippen molar-refractivity contribution >= 4 is 21.6 Å². The van der Waals surface area contributed by atoms with E-state index in [-0.39, 0.29) is 10.8 Å². The van der Waals surface area contributed by atoms with Gasteiger partial charge in [-0.2, -0.15) is 5.10 Å². The van der Waals surface area contributed by atoms with Crippen molar-refractivity contribution < 1.29 is 13.2 Å². The Hall–Kier alpha value is -2.35. The van der Waals surface area contributed by atoms with Crippen LogP contribution in [0.5, 0.6) is 0 Å². The summed E-state index contributed by atoms with van der Waals surface area (Å²) in [4.78, 5) is 13.8. The van der Waals surface area contributed by atoms with Gasteiger partial charge in [0.15, 0.2) is 0 Å². The minimum atomic E-state index is -3.65. The topological polar surface area (TPSA) is 95.2 Å². The van der Waals surface area contributed by atoms with Crippen LogP contribution in [0.1, 0.15) is 24.8 Å². The van der Waals surface area contributed by atoms with Crippen LogP contribution in [0, 0.1) is 0 Å². The number of amides is 1. The first kappa shape index (κ1) is 15.5. The second-order valence-electron chi connectivity index (χ2n) is 5.51. The lowest BCUT2D eigenvalue weighted by Gasteiger charge is -2.26. The maximum atomic E-state index is 12.2. The van der Waals surface area contributed by atoms with E-state index in [1.165, 1.54) is 12.4 Å². The van der Waals surface area contributed by atoms with Gasteiger partial charge in [0, 0.05) is 31.4 Å². The second-order valence-corrected chi connectivity index (χ2v) is 7.19. The molecular formula is C15H18N4O3S. The number of benzene rings is 1. The molecule has 0 spiro atoms. The molecule has 122 valence electrons. The fourth-order valence-corrected chi connectivity index (χ4v) is 3.54. The molecule has 23 heavy (non-hydrogen) atoms. The van der Waals surface area contributed by atoms with E-state index in [1.807, 2.05) is 11.0 Å². The van der Waals surface area contributed by atoms with E-state index in [9.17, 15) is 13.2 Å². The molecule has 1 fully saturated rings. The number of hydrogen-bond acceptors (Lipinski definition) is 4. The Balaban J connectivity index is 1.74. The predicted molar refractivity (Wildman–Crippen MR) is 85.1 cm³/mol. The predicted octanol–water partition coefficient (Wildman–Crippen LogP) is 1.72. The van der Waals surface area contributed by atoms with Crippen LogP contribution < -0.4 is 4.72 Å². The summed E-state index contributed by atoms with van der Waals surface area (Å²) < 4.78 is 26.9. The Morgan fingerprint density at radius 2 is 2.17 bits per heavy atom. The lowest BCUT2D eigenvalue weighted by Crippen LogP contribution is -2.34. The minimum absolute atomic E-state index is 0.0779. The van der Waals surface area contributed by atoms with Crippen LogP contribution in [0.3, 0.4) is 0 Å². The van der Waals surface area contributed by atoms with Crippen LogP contribution in [-0.2, 0) is 21.4 Å². The molecule has 7 nitrogen and oxygen atoms in total. The van der Waals surface area contributed by atoms with Gasteiger partial charge in [0.25, 0.3) is 10.0 Å². The number of anilines is 1. The van der Waals surface area contributed by atoms with Gasteiger partial charge >= 0.3 is 0 Å². The molecule has 0 unspecified atom stereocenters. The summed E-state index contributed by atoms with van der Waals surface area (Å²) >= 11 is 0. The molecule has 0 radical (unpaired) electrons. The summed E-state index contributed by atoms with van der Waals surface area (Å²) in [6.45, 7) is 1.25. The number of nitrogens with zero attached hydrogens (tertiary/aromatic N) is 2. The van der Waals surface area contributed by atoms with Gasteiger partial charge in [0.05, 0.1) is 6.20 Å². The number of H-pyrrole nitrogens is 1. The lowest BCUT2D eigenvalue weighted by atomic mass is 10.1. The van der Waals surface area contributed by atoms with Gasteiger partial charge < -0.3 is 4.90 Å². The Bertz CT molecular complexity index is 787. The first-order chi connectivity index (χ1) is 11.0. The highest BCUT2D eigenvalue weighted by atomic mass is 32.2. The highest BCUT2D eigenvalue weighted by molar-refractivity contribution is 7.92. The lowest BCUT2D eigenvalue weighted by molar-refractivity contribution is -0.133. The average molecular weight is 334 g/mol. The molecule has 0 saturated carbocycles. The Morgan fingerprint density at radius 1 is 1.30 bits per heavy atom. The van der Waals surface area contributed by atoms with Crippen molar-refractivity contribution in [3.8, 4) is 0 Å². The van der Waals surface area contributed by atoms with E-state index < -0.39 is 10.0 Å². The van der Waals surface area contributed by atoms with E-state index in [1.54, 1.807) is 18.2 Å². The molecule has 1 aliphatic rings. The van der Waals surface area contributed by atoms with Crippen molar-refractivity contribution in [2.24, 2.45) is 0 Å². The molecule has 2 N–H and O–H groups in total. The van der Waals surface area contributed by atoms with Crippen molar-refractivity contribution in [2.45, 2.75) is 30.7 Å². The number of hydrogen-bond donors (Lipinski definition) is 2. The van der Waals surface area contributed by atoms with Gasteiger partial charge in [-0.15, -0.1) is 0 Å². The normalized spacial score (nSPS) is 15.7. The number of aromatic nitrogens is 2. The van der Waals surface area contributed by atoms with Crippen molar-refractivity contribution in [2.75, 3.05) is 11.3 Å². The molecule has 1 amide bonds. The molecular weight excluding hydrogens is 316 g/mol. The average Bonchev–Trinajstić information content (AvgIpc) is 3.05. The Labute approximate surface area is 134 Å². The summed E-state index contributed by atoms with van der Waals surface area (Å²) in [5.74, 6) is 0.153. The number of carbonyl (C=O) groups is 1. The third kappa shape index (κ3) is 3.70. The number of rotatable bonds is 5. The highest BCUT2D eigenvalue weighted by Crippen LogP contribution is 2.19. The van der Waals surface area contributed by atoms with Crippen molar-refractivity contribution in [1.82, 2.24) is 15.1 Å².